The molecule has 22 nitrogen and oxygen atoms in total. The van der Waals surface area contributed by atoms with Gasteiger partial charge in [-0.1, -0.05) is 38.1 Å². The highest BCUT2D eigenvalue weighted by atomic mass is 32.2. The van der Waals surface area contributed by atoms with E-state index in [-0.39, 0.29) is 53.8 Å². The average Bonchev–Trinajstić information content (AvgIpc) is 4.12. The zero-order valence-corrected chi connectivity index (χ0v) is 48.1. The van der Waals surface area contributed by atoms with E-state index in [1.165, 1.54) is 11.1 Å². The molecule has 4 saturated heterocycles. The smallest absolute Gasteiger partial charge is 0.300 e. The number of morpholine rings is 1. The molecule has 0 radical (unpaired) electrons. The normalized spacial score (nSPS) is 21.6. The predicted octanol–water partition coefficient (Wildman–Crippen LogP) is 7.79. The molecule has 6 aliphatic heterocycles. The van der Waals surface area contributed by atoms with Crippen LogP contribution in [0.3, 0.4) is 0 Å². The van der Waals surface area contributed by atoms with Gasteiger partial charge in [0.1, 0.15) is 24.5 Å². The summed E-state index contributed by atoms with van der Waals surface area (Å²) < 4.78 is 59.7. The van der Waals surface area contributed by atoms with Crippen molar-refractivity contribution >= 4 is 61.2 Å². The summed E-state index contributed by atoms with van der Waals surface area (Å²) in [5, 5.41) is 15.8. The van der Waals surface area contributed by atoms with Gasteiger partial charge in [0.2, 0.25) is 11.8 Å². The Labute approximate surface area is 483 Å². The van der Waals surface area contributed by atoms with E-state index in [1.807, 2.05) is 35.4 Å². The topological polar surface area (TPSA) is 235 Å². The van der Waals surface area contributed by atoms with Gasteiger partial charge in [0.05, 0.1) is 55.2 Å². The molecule has 1 amide bonds. The van der Waals surface area contributed by atoms with Crippen LogP contribution in [0.25, 0.3) is 11.0 Å². The average molecular weight is 1150 g/mol. The zero-order chi connectivity index (χ0) is 57.0. The number of sulfonamides is 1. The molecule has 1 spiro atoms. The van der Waals surface area contributed by atoms with E-state index in [4.69, 9.17) is 33.7 Å². The number of aromatic nitrogens is 4. The third kappa shape index (κ3) is 10.9. The second-order valence-corrected chi connectivity index (χ2v) is 25.2. The molecule has 5 fully saturated rings. The number of carbonyl (C=O) groups is 1. The monoisotopic (exact) mass is 1150 g/mol. The number of piperidine rings is 1. The van der Waals surface area contributed by atoms with Crippen LogP contribution in [0.15, 0.2) is 84.1 Å². The molecule has 1 saturated carbocycles. The number of H-pyrrole nitrogens is 1. The second-order valence-electron chi connectivity index (χ2n) is 23.6. The number of pyridine rings is 3. The van der Waals surface area contributed by atoms with Crippen molar-refractivity contribution in [2.75, 3.05) is 119 Å². The molecule has 1 aliphatic carbocycles. The maximum atomic E-state index is 14.6. The number of nitrogens with zero attached hydrogens (tertiary/aromatic N) is 9. The van der Waals surface area contributed by atoms with Gasteiger partial charge in [-0.25, -0.2) is 9.71 Å². The summed E-state index contributed by atoms with van der Waals surface area (Å²) in [7, 11) is -3.06. The zero-order valence-electron chi connectivity index (χ0n) is 47.3. The van der Waals surface area contributed by atoms with Gasteiger partial charge in [0.25, 0.3) is 15.9 Å². The number of nitro groups is 1. The van der Waals surface area contributed by atoms with Gasteiger partial charge in [0.15, 0.2) is 22.3 Å². The SMILES string of the molecule is COc1cc(CN2CCN(C3CC4(CCN(c5ccc(C(=O)NS(=O)(=O)c6cc([N+](=O)[O-])c7c(n6)OC[C@@H](C6CCOCC6)N7)c(N6CCOc7nc8[nH]ccc8cc76)c5)CC4)C3)[C@H](c3ccccc3C(C)C)C2)cnc1N1CCOCC1. The van der Waals surface area contributed by atoms with Gasteiger partial charge >= 0.3 is 5.69 Å². The molecule has 83 heavy (non-hydrogen) atoms. The van der Waals surface area contributed by atoms with Crippen molar-refractivity contribution < 1.29 is 41.8 Å². The Morgan fingerprint density at radius 3 is 2.46 bits per heavy atom. The van der Waals surface area contributed by atoms with Crippen molar-refractivity contribution in [1.29, 1.82) is 0 Å². The van der Waals surface area contributed by atoms with E-state index >= 15 is 0 Å². The molecule has 438 valence electrons. The van der Waals surface area contributed by atoms with E-state index in [9.17, 15) is 23.3 Å². The molecule has 7 aliphatic rings. The lowest BCUT2D eigenvalue weighted by Gasteiger charge is -2.58. The van der Waals surface area contributed by atoms with Crippen molar-refractivity contribution in [3.8, 4) is 17.5 Å². The predicted molar refractivity (Wildman–Crippen MR) is 313 cm³/mol. The lowest BCUT2D eigenvalue weighted by Crippen LogP contribution is -2.60. The number of anilines is 5. The van der Waals surface area contributed by atoms with Crippen LogP contribution in [0, 0.1) is 21.4 Å². The number of nitrogens with one attached hydrogen (secondary N) is 3. The molecule has 0 unspecified atom stereocenters. The largest absolute Gasteiger partial charge is 0.493 e. The summed E-state index contributed by atoms with van der Waals surface area (Å²) in [6, 6.07) is 21.8. The fourth-order valence-corrected chi connectivity index (χ4v) is 14.8. The van der Waals surface area contributed by atoms with Crippen molar-refractivity contribution in [2.24, 2.45) is 11.3 Å². The first-order chi connectivity index (χ1) is 40.3. The van der Waals surface area contributed by atoms with Gasteiger partial charge in [-0.05, 0) is 109 Å². The van der Waals surface area contributed by atoms with Crippen LogP contribution in [0.5, 0.6) is 17.5 Å². The molecular weight excluding hydrogens is 1080 g/mol. The fourth-order valence-electron chi connectivity index (χ4n) is 13.9. The van der Waals surface area contributed by atoms with Gasteiger partial charge in [-0.15, -0.1) is 0 Å². The summed E-state index contributed by atoms with van der Waals surface area (Å²) in [6.45, 7) is 14.6. The number of hydrogen-bond acceptors (Lipinski definition) is 19. The summed E-state index contributed by atoms with van der Waals surface area (Å²) >= 11 is 0. The first-order valence-electron chi connectivity index (χ1n) is 29.2. The molecule has 3 N–H and O–H groups in total. The Morgan fingerprint density at radius 2 is 1.67 bits per heavy atom. The molecule has 6 aromatic rings. The Balaban J connectivity index is 0.728. The van der Waals surface area contributed by atoms with Crippen LogP contribution in [-0.4, -0.2) is 160 Å². The van der Waals surface area contributed by atoms with Gasteiger partial charge < -0.3 is 48.7 Å². The van der Waals surface area contributed by atoms with Crippen molar-refractivity contribution in [3.05, 3.63) is 111 Å². The Kier molecular flexibility index (Phi) is 15.0. The van der Waals surface area contributed by atoms with E-state index in [2.05, 4.69) is 83.8 Å². The van der Waals surface area contributed by atoms with Gasteiger partial charge in [0, 0.05) is 101 Å². The molecule has 2 atom stereocenters. The highest BCUT2D eigenvalue weighted by Gasteiger charge is 2.50. The first kappa shape index (κ1) is 54.9. The Bertz CT molecular complexity index is 3520. The standard InChI is InChI=1S/C60H72N12O10S/c1-38(2)44-6-4-5-7-45(44)51-36-67(35-39-28-52(78-3)56(62-34-39)69-20-25-80-26-21-69)18-19-70(51)43-32-60(33-43)13-16-68(17-14-60)42-8-9-46(48(30-42)71-22-27-81-58-50(71)29-41-10-15-61-55(41)65-58)57(73)66-83(76,77)53-31-49(72(74)75)54-59(64-53)82-37-47(63-54)40-11-23-79-24-12-40/h4-10,15,28-31,34,38,40,43,47,51,63H,11-14,16-27,32-33,35-37H2,1-3H3,(H,61,65)(H,66,73)/t47-,51-/m0/s1. The number of fused-ring (bicyclic) bond motifs is 3. The molecule has 4 aromatic heterocycles. The van der Waals surface area contributed by atoms with Crippen molar-refractivity contribution in [1.82, 2.24) is 34.5 Å². The Hall–Kier alpha value is -7.31. The fraction of sp³-hybridized carbons (Fsp3) is 0.500. The number of amides is 1. The maximum Gasteiger partial charge on any atom is 0.300 e. The second kappa shape index (κ2) is 22.7. The maximum absolute atomic E-state index is 14.6. The van der Waals surface area contributed by atoms with Gasteiger partial charge in [-0.3, -0.25) is 24.7 Å². The molecule has 2 aromatic carbocycles. The number of benzene rings is 2. The number of hydrogen-bond donors (Lipinski definition) is 3. The van der Waals surface area contributed by atoms with Gasteiger partial charge in [-0.2, -0.15) is 18.4 Å². The molecular formula is C60H72N12O10S. The number of aromatic amines is 1. The number of piperazine rings is 1. The molecule has 10 heterocycles. The van der Waals surface area contributed by atoms with Crippen molar-refractivity contribution in [3.63, 3.8) is 0 Å². The summed E-state index contributed by atoms with van der Waals surface area (Å²) in [5.74, 6) is 1.42. The van der Waals surface area contributed by atoms with Crippen molar-refractivity contribution in [2.45, 2.75) is 88.0 Å². The summed E-state index contributed by atoms with van der Waals surface area (Å²) in [6.07, 6.45) is 9.57. The van der Waals surface area contributed by atoms with Crippen LogP contribution >= 0.6 is 0 Å². The van der Waals surface area contributed by atoms with Crippen LogP contribution in [0.1, 0.15) is 91.4 Å². The Morgan fingerprint density at radius 1 is 0.880 bits per heavy atom. The molecule has 23 heteroatoms. The van der Waals surface area contributed by atoms with E-state index < -0.39 is 31.6 Å². The van der Waals surface area contributed by atoms with E-state index in [0.29, 0.717) is 67.8 Å². The minimum atomic E-state index is -4.79. The van der Waals surface area contributed by atoms with Crippen LogP contribution in [-0.2, 0) is 26.0 Å². The highest BCUT2D eigenvalue weighted by Crippen LogP contribution is 2.54. The highest BCUT2D eigenvalue weighted by molar-refractivity contribution is 7.90. The number of carbonyl (C=O) groups excluding carboxylic acids is 1. The minimum Gasteiger partial charge on any atom is -0.493 e. The minimum absolute atomic E-state index is 0.00188. The first-order valence-corrected chi connectivity index (χ1v) is 30.7. The number of methoxy groups -OCH3 is 1. The van der Waals surface area contributed by atoms with Crippen LogP contribution in [0.4, 0.5) is 34.3 Å². The number of rotatable bonds is 14. The summed E-state index contributed by atoms with van der Waals surface area (Å²) in [5.41, 5.74) is 6.33. The van der Waals surface area contributed by atoms with Crippen LogP contribution in [0.2, 0.25) is 0 Å². The third-order valence-corrected chi connectivity index (χ3v) is 19.6. The molecule has 13 rings (SSSR count). The van der Waals surface area contributed by atoms with Crippen LogP contribution < -0.4 is 38.9 Å². The van der Waals surface area contributed by atoms with E-state index in [0.717, 1.165) is 125 Å². The number of ether oxygens (including phenoxy) is 5. The molecule has 0 bridgehead atoms. The lowest BCUT2D eigenvalue weighted by atomic mass is 9.59. The quantitative estimate of drug-likeness (QED) is 0.0697. The third-order valence-electron chi connectivity index (χ3n) is 18.4. The van der Waals surface area contributed by atoms with E-state index in [1.54, 1.807) is 19.4 Å². The summed E-state index contributed by atoms with van der Waals surface area (Å²) in [4.78, 5) is 55.5. The lowest BCUT2D eigenvalue weighted by molar-refractivity contribution is -0.384.